The van der Waals surface area contributed by atoms with Crippen molar-refractivity contribution in [3.63, 3.8) is 0 Å². The molecule has 1 aromatic carbocycles. The molecule has 1 aliphatic carbocycles. The Labute approximate surface area is 127 Å². The van der Waals surface area contributed by atoms with E-state index in [9.17, 15) is 5.11 Å². The van der Waals surface area contributed by atoms with Gasteiger partial charge in [-0.25, -0.2) is 0 Å². The van der Waals surface area contributed by atoms with Gasteiger partial charge in [-0.05, 0) is 25.0 Å². The number of ether oxygens (including phenoxy) is 1. The molecule has 116 valence electrons. The number of hydrogen-bond acceptors (Lipinski definition) is 4. The van der Waals surface area contributed by atoms with Crippen molar-refractivity contribution in [3.05, 3.63) is 24.3 Å². The van der Waals surface area contributed by atoms with Crippen molar-refractivity contribution in [1.29, 1.82) is 0 Å². The van der Waals surface area contributed by atoms with Crippen molar-refractivity contribution in [1.82, 2.24) is 4.90 Å². The Morgan fingerprint density at radius 2 is 1.86 bits per heavy atom. The molecule has 4 nitrogen and oxygen atoms in total. The van der Waals surface area contributed by atoms with Crippen LogP contribution in [0, 0.1) is 0 Å². The molecular formula is C17H26N2O2. The molecule has 2 atom stereocenters. The molecule has 2 fully saturated rings. The Balaban J connectivity index is 1.59. The first kappa shape index (κ1) is 14.7. The van der Waals surface area contributed by atoms with Gasteiger partial charge in [0.25, 0.3) is 0 Å². The number of piperazine rings is 1. The molecule has 1 aliphatic heterocycles. The van der Waals surface area contributed by atoms with Crippen molar-refractivity contribution in [2.24, 2.45) is 0 Å². The first-order chi connectivity index (χ1) is 10.3. The van der Waals surface area contributed by atoms with Crippen LogP contribution in [0.3, 0.4) is 0 Å². The van der Waals surface area contributed by atoms with Gasteiger partial charge in [0, 0.05) is 44.0 Å². The molecule has 1 heterocycles. The first-order valence-corrected chi connectivity index (χ1v) is 8.09. The highest BCUT2D eigenvalue weighted by Gasteiger charge is 2.30. The Kier molecular flexibility index (Phi) is 4.66. The maximum atomic E-state index is 10.2. The predicted molar refractivity (Wildman–Crippen MR) is 85.0 cm³/mol. The standard InChI is InChI=1S/C17H26N2O2/c1-21-15-6-4-5-14(13-15)18-9-11-19(12-10-18)16-7-2-3-8-17(16)20/h4-6,13,16-17,20H,2-3,7-12H2,1H3/t16-,17-/m0/s1. The quantitative estimate of drug-likeness (QED) is 0.925. The molecule has 4 heteroatoms. The normalized spacial score (nSPS) is 27.6. The summed E-state index contributed by atoms with van der Waals surface area (Å²) in [7, 11) is 1.71. The third kappa shape index (κ3) is 3.33. The molecule has 1 saturated carbocycles. The predicted octanol–water partition coefficient (Wildman–Crippen LogP) is 2.12. The van der Waals surface area contributed by atoms with E-state index in [4.69, 9.17) is 4.74 Å². The molecule has 0 bridgehead atoms. The Bertz CT molecular complexity index is 458. The van der Waals surface area contributed by atoms with Crippen molar-refractivity contribution in [3.8, 4) is 5.75 Å². The lowest BCUT2D eigenvalue weighted by Gasteiger charge is -2.43. The number of nitrogens with zero attached hydrogens (tertiary/aromatic N) is 2. The molecule has 1 aromatic rings. The molecule has 1 saturated heterocycles. The molecule has 0 unspecified atom stereocenters. The number of benzene rings is 1. The molecular weight excluding hydrogens is 264 g/mol. The average molecular weight is 290 g/mol. The fourth-order valence-electron chi connectivity index (χ4n) is 3.64. The van der Waals surface area contributed by atoms with Crippen molar-refractivity contribution >= 4 is 5.69 Å². The smallest absolute Gasteiger partial charge is 0.120 e. The molecule has 1 N–H and O–H groups in total. The fourth-order valence-corrected chi connectivity index (χ4v) is 3.64. The minimum absolute atomic E-state index is 0.123. The number of hydrogen-bond donors (Lipinski definition) is 1. The third-order valence-electron chi connectivity index (χ3n) is 4.90. The molecule has 0 radical (unpaired) electrons. The van der Waals surface area contributed by atoms with Crippen LogP contribution in [-0.2, 0) is 0 Å². The van der Waals surface area contributed by atoms with Gasteiger partial charge >= 0.3 is 0 Å². The lowest BCUT2D eigenvalue weighted by molar-refractivity contribution is 0.0173. The van der Waals surface area contributed by atoms with Gasteiger partial charge in [0.1, 0.15) is 5.75 Å². The Morgan fingerprint density at radius 3 is 2.57 bits per heavy atom. The highest BCUT2D eigenvalue weighted by molar-refractivity contribution is 5.51. The van der Waals surface area contributed by atoms with Crippen LogP contribution in [0.2, 0.25) is 0 Å². The maximum absolute atomic E-state index is 10.2. The lowest BCUT2D eigenvalue weighted by Crippen LogP contribution is -2.54. The van der Waals surface area contributed by atoms with E-state index in [1.165, 1.54) is 18.5 Å². The van der Waals surface area contributed by atoms with E-state index in [0.29, 0.717) is 6.04 Å². The van der Waals surface area contributed by atoms with Crippen LogP contribution in [0.5, 0.6) is 5.75 Å². The summed E-state index contributed by atoms with van der Waals surface area (Å²) in [6, 6.07) is 8.66. The van der Waals surface area contributed by atoms with E-state index >= 15 is 0 Å². The highest BCUT2D eigenvalue weighted by atomic mass is 16.5. The SMILES string of the molecule is COc1cccc(N2CCN([C@H]3CCCC[C@@H]3O)CC2)c1. The van der Waals surface area contributed by atoms with Crippen LogP contribution in [0.15, 0.2) is 24.3 Å². The van der Waals surface area contributed by atoms with E-state index in [0.717, 1.165) is 44.8 Å². The zero-order valence-electron chi connectivity index (χ0n) is 12.9. The topological polar surface area (TPSA) is 35.9 Å². The minimum atomic E-state index is -0.123. The van der Waals surface area contributed by atoms with Crippen LogP contribution in [0.1, 0.15) is 25.7 Å². The largest absolute Gasteiger partial charge is 0.497 e. The minimum Gasteiger partial charge on any atom is -0.497 e. The van der Waals surface area contributed by atoms with Gasteiger partial charge in [0.15, 0.2) is 0 Å². The number of rotatable bonds is 3. The second kappa shape index (κ2) is 6.67. The summed E-state index contributed by atoms with van der Waals surface area (Å²) in [6.07, 6.45) is 4.45. The van der Waals surface area contributed by atoms with Crippen molar-refractivity contribution in [2.75, 3.05) is 38.2 Å². The van der Waals surface area contributed by atoms with Crippen molar-refractivity contribution in [2.45, 2.75) is 37.8 Å². The summed E-state index contributed by atoms with van der Waals surface area (Å²) in [5.74, 6) is 0.914. The maximum Gasteiger partial charge on any atom is 0.120 e. The van der Waals surface area contributed by atoms with E-state index < -0.39 is 0 Å². The number of aliphatic hydroxyl groups is 1. The summed E-state index contributed by atoms with van der Waals surface area (Å²) in [5.41, 5.74) is 1.23. The molecule has 0 spiro atoms. The molecule has 21 heavy (non-hydrogen) atoms. The number of aliphatic hydroxyl groups excluding tert-OH is 1. The van der Waals surface area contributed by atoms with Crippen molar-refractivity contribution < 1.29 is 9.84 Å². The molecule has 0 amide bonds. The van der Waals surface area contributed by atoms with Gasteiger partial charge < -0.3 is 14.7 Å². The van der Waals surface area contributed by atoms with Gasteiger partial charge in [0.2, 0.25) is 0 Å². The van der Waals surface area contributed by atoms with Crippen LogP contribution in [0.25, 0.3) is 0 Å². The van der Waals surface area contributed by atoms with Gasteiger partial charge in [-0.15, -0.1) is 0 Å². The van der Waals surface area contributed by atoms with Gasteiger partial charge in [-0.3, -0.25) is 4.90 Å². The fraction of sp³-hybridized carbons (Fsp3) is 0.647. The highest BCUT2D eigenvalue weighted by Crippen LogP contribution is 2.26. The number of methoxy groups -OCH3 is 1. The summed E-state index contributed by atoms with van der Waals surface area (Å²) < 4.78 is 5.31. The lowest BCUT2D eigenvalue weighted by atomic mass is 9.91. The zero-order chi connectivity index (χ0) is 14.7. The monoisotopic (exact) mass is 290 g/mol. The zero-order valence-corrected chi connectivity index (χ0v) is 12.9. The molecule has 2 aliphatic rings. The van der Waals surface area contributed by atoms with Gasteiger partial charge in [-0.2, -0.15) is 0 Å². The summed E-state index contributed by atoms with van der Waals surface area (Å²) in [6.45, 7) is 4.13. The Morgan fingerprint density at radius 1 is 1.10 bits per heavy atom. The summed E-state index contributed by atoms with van der Waals surface area (Å²) in [4.78, 5) is 4.90. The Hall–Kier alpha value is -1.26. The molecule has 3 rings (SSSR count). The van der Waals surface area contributed by atoms with E-state index in [1.54, 1.807) is 7.11 Å². The number of anilines is 1. The second-order valence-corrected chi connectivity index (χ2v) is 6.14. The van der Waals surface area contributed by atoms with E-state index in [2.05, 4.69) is 21.9 Å². The van der Waals surface area contributed by atoms with E-state index in [-0.39, 0.29) is 6.10 Å². The van der Waals surface area contributed by atoms with Crippen LogP contribution >= 0.6 is 0 Å². The van der Waals surface area contributed by atoms with Crippen LogP contribution in [0.4, 0.5) is 5.69 Å². The van der Waals surface area contributed by atoms with Crippen LogP contribution in [-0.4, -0.2) is 55.4 Å². The summed E-state index contributed by atoms with van der Waals surface area (Å²) in [5, 5.41) is 10.2. The van der Waals surface area contributed by atoms with Gasteiger partial charge in [-0.1, -0.05) is 18.9 Å². The van der Waals surface area contributed by atoms with E-state index in [1.807, 2.05) is 12.1 Å². The third-order valence-corrected chi connectivity index (χ3v) is 4.90. The van der Waals surface area contributed by atoms with Gasteiger partial charge in [0.05, 0.1) is 13.2 Å². The average Bonchev–Trinajstić information content (AvgIpc) is 2.56. The summed E-state index contributed by atoms with van der Waals surface area (Å²) >= 11 is 0. The van der Waals surface area contributed by atoms with Crippen LogP contribution < -0.4 is 9.64 Å². The molecule has 0 aromatic heterocycles. The second-order valence-electron chi connectivity index (χ2n) is 6.14. The first-order valence-electron chi connectivity index (χ1n) is 8.09.